The van der Waals surface area contributed by atoms with Crippen molar-refractivity contribution in [2.75, 3.05) is 51.3 Å². The number of ether oxygens (including phenoxy) is 1. The maximum absolute atomic E-state index is 5.52. The molecule has 0 saturated carbocycles. The summed E-state index contributed by atoms with van der Waals surface area (Å²) in [5.41, 5.74) is 5.52. The van der Waals surface area contributed by atoms with E-state index in [1.807, 2.05) is 6.07 Å². The van der Waals surface area contributed by atoms with Gasteiger partial charge in [0.25, 0.3) is 0 Å². The van der Waals surface area contributed by atoms with Crippen molar-refractivity contribution < 1.29 is 4.74 Å². The van der Waals surface area contributed by atoms with Crippen LogP contribution in [0.5, 0.6) is 5.88 Å². The number of hydrogen-bond donors (Lipinski definition) is 1. The van der Waals surface area contributed by atoms with Crippen LogP contribution in [0.15, 0.2) is 12.4 Å². The molecule has 2 N–H and O–H groups in total. The van der Waals surface area contributed by atoms with E-state index in [4.69, 9.17) is 10.5 Å². The minimum Gasteiger partial charge on any atom is -0.481 e. The van der Waals surface area contributed by atoms with Gasteiger partial charge in [-0.05, 0) is 25.9 Å². The highest BCUT2D eigenvalue weighted by Crippen LogP contribution is 2.17. The molecule has 0 spiro atoms. The molecule has 0 aliphatic carbocycles. The maximum atomic E-state index is 5.52. The predicted molar refractivity (Wildman–Crippen MR) is 75.5 cm³/mol. The molecule has 0 unspecified atom stereocenters. The summed E-state index contributed by atoms with van der Waals surface area (Å²) in [6, 6.07) is 1.89. The number of rotatable bonds is 6. The Bertz CT molecular complexity index is 379. The molecule has 6 heteroatoms. The fourth-order valence-electron chi connectivity index (χ4n) is 2.29. The molecule has 0 aromatic carbocycles. The van der Waals surface area contributed by atoms with Crippen LogP contribution in [0.4, 0.5) is 5.82 Å². The largest absolute Gasteiger partial charge is 0.481 e. The van der Waals surface area contributed by atoms with Gasteiger partial charge in [0.15, 0.2) is 0 Å². The zero-order valence-electron chi connectivity index (χ0n) is 11.6. The molecule has 2 heterocycles. The summed E-state index contributed by atoms with van der Waals surface area (Å²) in [5.74, 6) is 1.57. The van der Waals surface area contributed by atoms with Gasteiger partial charge in [0.2, 0.25) is 5.88 Å². The third-order valence-electron chi connectivity index (χ3n) is 3.46. The van der Waals surface area contributed by atoms with Gasteiger partial charge < -0.3 is 15.4 Å². The standard InChI is InChI=1S/C13H23N5O/c1-19-13-10-12(15-11-16-13)18-8-6-17(7-9-18)5-3-2-4-14/h10-11H,2-9,14H2,1H3. The topological polar surface area (TPSA) is 67.5 Å². The lowest BCUT2D eigenvalue weighted by atomic mass is 10.2. The molecule has 1 aliphatic rings. The maximum Gasteiger partial charge on any atom is 0.218 e. The van der Waals surface area contributed by atoms with Crippen LogP contribution in [0.1, 0.15) is 12.8 Å². The van der Waals surface area contributed by atoms with E-state index in [9.17, 15) is 0 Å². The molecule has 0 bridgehead atoms. The minimum absolute atomic E-state index is 0.621. The summed E-state index contributed by atoms with van der Waals surface area (Å²) >= 11 is 0. The van der Waals surface area contributed by atoms with Crippen LogP contribution in [-0.4, -0.2) is 61.2 Å². The first-order valence-corrected chi connectivity index (χ1v) is 6.87. The number of aromatic nitrogens is 2. The monoisotopic (exact) mass is 265 g/mol. The predicted octanol–water partition coefficient (Wildman–Crippen LogP) is 0.346. The van der Waals surface area contributed by atoms with Crippen LogP contribution >= 0.6 is 0 Å². The summed E-state index contributed by atoms with van der Waals surface area (Å²) in [5, 5.41) is 0. The van der Waals surface area contributed by atoms with Gasteiger partial charge in [0.05, 0.1) is 7.11 Å². The molecule has 0 amide bonds. The van der Waals surface area contributed by atoms with Crippen LogP contribution in [-0.2, 0) is 0 Å². The van der Waals surface area contributed by atoms with Gasteiger partial charge in [0.1, 0.15) is 12.1 Å². The molecule has 0 radical (unpaired) electrons. The summed E-state index contributed by atoms with van der Waals surface area (Å²) in [6.07, 6.45) is 3.86. The molecule has 2 rings (SSSR count). The van der Waals surface area contributed by atoms with Crippen molar-refractivity contribution in [2.24, 2.45) is 5.73 Å². The molecule has 1 aromatic rings. The summed E-state index contributed by atoms with van der Waals surface area (Å²) in [4.78, 5) is 13.1. The molecule has 106 valence electrons. The van der Waals surface area contributed by atoms with Gasteiger partial charge in [-0.15, -0.1) is 0 Å². The van der Waals surface area contributed by atoms with Gasteiger partial charge in [0, 0.05) is 32.2 Å². The summed E-state index contributed by atoms with van der Waals surface area (Å²) in [6.45, 7) is 6.11. The highest BCUT2D eigenvalue weighted by atomic mass is 16.5. The average molecular weight is 265 g/mol. The number of nitrogens with zero attached hydrogens (tertiary/aromatic N) is 4. The van der Waals surface area contributed by atoms with E-state index >= 15 is 0 Å². The number of anilines is 1. The molecule has 0 atom stereocenters. The van der Waals surface area contributed by atoms with E-state index in [2.05, 4.69) is 19.8 Å². The second kappa shape index (κ2) is 7.25. The van der Waals surface area contributed by atoms with E-state index < -0.39 is 0 Å². The Morgan fingerprint density at radius 1 is 1.21 bits per heavy atom. The first-order chi connectivity index (χ1) is 9.33. The quantitative estimate of drug-likeness (QED) is 0.748. The van der Waals surface area contributed by atoms with E-state index in [0.29, 0.717) is 5.88 Å². The van der Waals surface area contributed by atoms with Crippen molar-refractivity contribution >= 4 is 5.82 Å². The zero-order valence-corrected chi connectivity index (χ0v) is 11.6. The average Bonchev–Trinajstić information content (AvgIpc) is 2.48. The number of piperazine rings is 1. The first-order valence-electron chi connectivity index (χ1n) is 6.87. The Balaban J connectivity index is 1.82. The van der Waals surface area contributed by atoms with Gasteiger partial charge in [-0.3, -0.25) is 4.90 Å². The van der Waals surface area contributed by atoms with E-state index in [-0.39, 0.29) is 0 Å². The Labute approximate surface area is 114 Å². The van der Waals surface area contributed by atoms with Crippen molar-refractivity contribution in [3.8, 4) is 5.88 Å². The fraction of sp³-hybridized carbons (Fsp3) is 0.692. The van der Waals surface area contributed by atoms with Gasteiger partial charge in [-0.25, -0.2) is 9.97 Å². The molecule has 1 fully saturated rings. The molecule has 19 heavy (non-hydrogen) atoms. The van der Waals surface area contributed by atoms with Crippen LogP contribution in [0.2, 0.25) is 0 Å². The molecular weight excluding hydrogens is 242 g/mol. The molecule has 1 saturated heterocycles. The van der Waals surface area contributed by atoms with Crippen LogP contribution in [0.3, 0.4) is 0 Å². The van der Waals surface area contributed by atoms with Crippen LogP contribution in [0, 0.1) is 0 Å². The fourth-order valence-corrected chi connectivity index (χ4v) is 2.29. The highest BCUT2D eigenvalue weighted by Gasteiger charge is 2.17. The van der Waals surface area contributed by atoms with Gasteiger partial charge >= 0.3 is 0 Å². The lowest BCUT2D eigenvalue weighted by Gasteiger charge is -2.35. The number of nitrogens with two attached hydrogens (primary N) is 1. The van der Waals surface area contributed by atoms with E-state index in [0.717, 1.165) is 51.5 Å². The van der Waals surface area contributed by atoms with Crippen LogP contribution < -0.4 is 15.4 Å². The Morgan fingerprint density at radius 2 is 2.00 bits per heavy atom. The van der Waals surface area contributed by atoms with Crippen molar-refractivity contribution in [1.82, 2.24) is 14.9 Å². The van der Waals surface area contributed by atoms with Crippen molar-refractivity contribution in [3.05, 3.63) is 12.4 Å². The lowest BCUT2D eigenvalue weighted by Crippen LogP contribution is -2.47. The number of hydrogen-bond acceptors (Lipinski definition) is 6. The minimum atomic E-state index is 0.621. The Hall–Kier alpha value is -1.40. The molecular formula is C13H23N5O. The second-order valence-corrected chi connectivity index (χ2v) is 4.74. The zero-order chi connectivity index (χ0) is 13.5. The van der Waals surface area contributed by atoms with E-state index in [1.165, 1.54) is 6.42 Å². The smallest absolute Gasteiger partial charge is 0.218 e. The second-order valence-electron chi connectivity index (χ2n) is 4.74. The van der Waals surface area contributed by atoms with Gasteiger partial charge in [-0.1, -0.05) is 0 Å². The normalized spacial score (nSPS) is 16.6. The third-order valence-corrected chi connectivity index (χ3v) is 3.46. The van der Waals surface area contributed by atoms with Crippen molar-refractivity contribution in [1.29, 1.82) is 0 Å². The first kappa shape index (κ1) is 14.0. The molecule has 6 nitrogen and oxygen atoms in total. The Kier molecular flexibility index (Phi) is 5.35. The number of unbranched alkanes of at least 4 members (excludes halogenated alkanes) is 1. The highest BCUT2D eigenvalue weighted by molar-refractivity contribution is 5.41. The number of methoxy groups -OCH3 is 1. The van der Waals surface area contributed by atoms with Crippen LogP contribution in [0.25, 0.3) is 0 Å². The SMILES string of the molecule is COc1cc(N2CCN(CCCCN)CC2)ncn1. The summed E-state index contributed by atoms with van der Waals surface area (Å²) in [7, 11) is 1.63. The third kappa shape index (κ3) is 4.04. The Morgan fingerprint density at radius 3 is 2.68 bits per heavy atom. The van der Waals surface area contributed by atoms with Crippen molar-refractivity contribution in [2.45, 2.75) is 12.8 Å². The van der Waals surface area contributed by atoms with Gasteiger partial charge in [-0.2, -0.15) is 0 Å². The summed E-state index contributed by atoms with van der Waals surface area (Å²) < 4.78 is 5.13. The van der Waals surface area contributed by atoms with Crippen molar-refractivity contribution in [3.63, 3.8) is 0 Å². The molecule has 1 aliphatic heterocycles. The molecule has 1 aromatic heterocycles. The lowest BCUT2D eigenvalue weighted by molar-refractivity contribution is 0.253. The van der Waals surface area contributed by atoms with E-state index in [1.54, 1.807) is 13.4 Å².